The van der Waals surface area contributed by atoms with Crippen molar-refractivity contribution in [3.63, 3.8) is 0 Å². The van der Waals surface area contributed by atoms with Crippen molar-refractivity contribution >= 4 is 22.7 Å². The molecule has 1 N–H and O–H groups in total. The third-order valence-corrected chi connectivity index (χ3v) is 5.13. The maximum Gasteiger partial charge on any atom is 0.275 e. The van der Waals surface area contributed by atoms with E-state index < -0.39 is 36.1 Å². The highest BCUT2D eigenvalue weighted by Gasteiger charge is 2.56. The molecule has 3 heterocycles. The average Bonchev–Trinajstić information content (AvgIpc) is 3.07. The molecular weight excluding hydrogens is 330 g/mol. The molecule has 0 aliphatic carbocycles. The summed E-state index contributed by atoms with van der Waals surface area (Å²) in [5.41, 5.74) is -0.311. The molecule has 2 saturated heterocycles. The van der Waals surface area contributed by atoms with Gasteiger partial charge in [-0.05, 0) is 12.5 Å². The van der Waals surface area contributed by atoms with Crippen molar-refractivity contribution in [3.05, 3.63) is 30.0 Å². The fraction of sp³-hybridized carbons (Fsp3) is 0.471. The maximum atomic E-state index is 14.3. The van der Waals surface area contributed by atoms with Crippen LogP contribution in [-0.2, 0) is 11.8 Å². The van der Waals surface area contributed by atoms with Crippen molar-refractivity contribution in [1.29, 1.82) is 0 Å². The van der Waals surface area contributed by atoms with E-state index in [9.17, 15) is 18.4 Å². The van der Waals surface area contributed by atoms with Gasteiger partial charge in [0.25, 0.3) is 11.8 Å². The van der Waals surface area contributed by atoms with Crippen LogP contribution in [0.15, 0.2) is 24.3 Å². The summed E-state index contributed by atoms with van der Waals surface area (Å²) in [5.74, 6) is -4.05. The first kappa shape index (κ1) is 16.0. The number of benzene rings is 1. The standard InChI is InChI=1S/C17H18F2N4O2/c1-22-12-5-3-2-4-11(12)13(21-22)14(24)23-9-16(6-7-20-15(16)25)8-17(18,19)10-23/h2-5H,6-10H2,1H3,(H,20,25)/t16-/m0/s1. The summed E-state index contributed by atoms with van der Waals surface area (Å²) < 4.78 is 30.2. The molecule has 2 amide bonds. The molecule has 1 aromatic carbocycles. The molecule has 2 fully saturated rings. The van der Waals surface area contributed by atoms with Gasteiger partial charge in [0.15, 0.2) is 5.69 Å². The van der Waals surface area contributed by atoms with Crippen molar-refractivity contribution < 1.29 is 18.4 Å². The fourth-order valence-corrected chi connectivity index (χ4v) is 4.01. The lowest BCUT2D eigenvalue weighted by Gasteiger charge is -2.42. The van der Waals surface area contributed by atoms with Gasteiger partial charge in [-0.15, -0.1) is 0 Å². The van der Waals surface area contributed by atoms with E-state index in [-0.39, 0.29) is 12.2 Å². The summed E-state index contributed by atoms with van der Waals surface area (Å²) >= 11 is 0. The van der Waals surface area contributed by atoms with E-state index in [2.05, 4.69) is 10.4 Å². The summed E-state index contributed by atoms with van der Waals surface area (Å²) in [5, 5.41) is 7.47. The Morgan fingerprint density at radius 1 is 1.28 bits per heavy atom. The summed E-state index contributed by atoms with van der Waals surface area (Å²) in [6.45, 7) is -0.326. The van der Waals surface area contributed by atoms with E-state index in [0.29, 0.717) is 18.4 Å². The van der Waals surface area contributed by atoms with E-state index in [1.165, 1.54) is 0 Å². The average molecular weight is 348 g/mol. The molecule has 8 heteroatoms. The molecular formula is C17H18F2N4O2. The number of carbonyl (C=O) groups is 2. The number of fused-ring (bicyclic) bond motifs is 1. The van der Waals surface area contributed by atoms with Crippen molar-refractivity contribution in [1.82, 2.24) is 20.0 Å². The number of likely N-dealkylation sites (tertiary alicyclic amines) is 1. The molecule has 1 aromatic heterocycles. The zero-order valence-electron chi connectivity index (χ0n) is 13.8. The third kappa shape index (κ3) is 2.47. The van der Waals surface area contributed by atoms with Gasteiger partial charge in [0.1, 0.15) is 0 Å². The number of nitrogens with zero attached hydrogens (tertiary/aromatic N) is 3. The van der Waals surface area contributed by atoms with Gasteiger partial charge in [-0.25, -0.2) is 8.78 Å². The van der Waals surface area contributed by atoms with Crippen LogP contribution >= 0.6 is 0 Å². The number of piperidine rings is 1. The van der Waals surface area contributed by atoms with Gasteiger partial charge in [0.05, 0.1) is 17.5 Å². The van der Waals surface area contributed by atoms with Gasteiger partial charge in [0, 0.05) is 31.9 Å². The van der Waals surface area contributed by atoms with Gasteiger partial charge in [-0.3, -0.25) is 14.3 Å². The second-order valence-corrected chi connectivity index (χ2v) is 6.97. The first-order valence-electron chi connectivity index (χ1n) is 8.19. The maximum absolute atomic E-state index is 14.3. The minimum Gasteiger partial charge on any atom is -0.356 e. The van der Waals surface area contributed by atoms with Crippen LogP contribution in [0.25, 0.3) is 10.9 Å². The third-order valence-electron chi connectivity index (χ3n) is 5.13. The van der Waals surface area contributed by atoms with Crippen LogP contribution in [0, 0.1) is 5.41 Å². The van der Waals surface area contributed by atoms with Crippen molar-refractivity contribution in [2.45, 2.75) is 18.8 Å². The molecule has 0 radical (unpaired) electrons. The molecule has 2 aromatic rings. The minimum atomic E-state index is -3.10. The monoisotopic (exact) mass is 348 g/mol. The quantitative estimate of drug-likeness (QED) is 0.851. The number of hydrogen-bond donors (Lipinski definition) is 1. The Morgan fingerprint density at radius 3 is 2.76 bits per heavy atom. The summed E-state index contributed by atoms with van der Waals surface area (Å²) in [4.78, 5) is 26.2. The van der Waals surface area contributed by atoms with Crippen LogP contribution < -0.4 is 5.32 Å². The highest BCUT2D eigenvalue weighted by Crippen LogP contribution is 2.43. The second-order valence-electron chi connectivity index (χ2n) is 6.97. The van der Waals surface area contributed by atoms with Crippen LogP contribution in [0.2, 0.25) is 0 Å². The van der Waals surface area contributed by atoms with E-state index in [1.54, 1.807) is 23.9 Å². The molecule has 4 rings (SSSR count). The number of carbonyl (C=O) groups excluding carboxylic acids is 2. The summed E-state index contributed by atoms with van der Waals surface area (Å²) in [6.07, 6.45) is -0.202. The first-order valence-corrected chi connectivity index (χ1v) is 8.19. The molecule has 1 atom stereocenters. The molecule has 2 aliphatic rings. The van der Waals surface area contributed by atoms with Crippen LogP contribution in [-0.4, -0.2) is 52.1 Å². The van der Waals surface area contributed by atoms with Crippen molar-refractivity contribution in [2.24, 2.45) is 12.5 Å². The number of nitrogens with one attached hydrogen (secondary N) is 1. The number of halogens is 2. The van der Waals surface area contributed by atoms with Crippen LogP contribution in [0.5, 0.6) is 0 Å². The van der Waals surface area contributed by atoms with Gasteiger partial charge < -0.3 is 10.2 Å². The van der Waals surface area contributed by atoms with E-state index >= 15 is 0 Å². The van der Waals surface area contributed by atoms with E-state index in [0.717, 1.165) is 10.4 Å². The molecule has 132 valence electrons. The van der Waals surface area contributed by atoms with Crippen molar-refractivity contribution in [2.75, 3.05) is 19.6 Å². The number of aryl methyl sites for hydroxylation is 1. The molecule has 0 bridgehead atoms. The molecule has 6 nitrogen and oxygen atoms in total. The summed E-state index contributed by atoms with van der Waals surface area (Å²) in [6, 6.07) is 7.16. The van der Waals surface area contributed by atoms with Gasteiger partial charge in [-0.2, -0.15) is 5.10 Å². The molecule has 25 heavy (non-hydrogen) atoms. The van der Waals surface area contributed by atoms with E-state index in [1.807, 2.05) is 12.1 Å². The lowest BCUT2D eigenvalue weighted by Crippen LogP contribution is -2.57. The zero-order valence-corrected chi connectivity index (χ0v) is 13.8. The lowest BCUT2D eigenvalue weighted by atomic mass is 9.77. The number of aromatic nitrogens is 2. The van der Waals surface area contributed by atoms with Crippen LogP contribution in [0.4, 0.5) is 8.78 Å². The lowest BCUT2D eigenvalue weighted by molar-refractivity contribution is -0.144. The Balaban J connectivity index is 1.72. The van der Waals surface area contributed by atoms with Crippen LogP contribution in [0.1, 0.15) is 23.3 Å². The molecule has 0 unspecified atom stereocenters. The fourth-order valence-electron chi connectivity index (χ4n) is 4.01. The number of hydrogen-bond acceptors (Lipinski definition) is 3. The van der Waals surface area contributed by atoms with Crippen molar-refractivity contribution in [3.8, 4) is 0 Å². The highest BCUT2D eigenvalue weighted by atomic mass is 19.3. The Bertz CT molecular complexity index is 879. The normalized spacial score (nSPS) is 25.6. The molecule has 0 saturated carbocycles. The predicted molar refractivity (Wildman–Crippen MR) is 86.2 cm³/mol. The number of rotatable bonds is 1. The molecule has 1 spiro atoms. The number of alkyl halides is 2. The van der Waals surface area contributed by atoms with Gasteiger partial charge in [-0.1, -0.05) is 18.2 Å². The largest absolute Gasteiger partial charge is 0.356 e. The van der Waals surface area contributed by atoms with Gasteiger partial charge in [0.2, 0.25) is 5.91 Å². The SMILES string of the molecule is Cn1nc(C(=O)N2CC(F)(F)C[C@@]3(CCNC3=O)C2)c2ccccc21. The predicted octanol–water partition coefficient (Wildman–Crippen LogP) is 1.56. The summed E-state index contributed by atoms with van der Waals surface area (Å²) in [7, 11) is 1.70. The van der Waals surface area contributed by atoms with Crippen LogP contribution in [0.3, 0.4) is 0 Å². The second kappa shape index (κ2) is 5.24. The smallest absolute Gasteiger partial charge is 0.275 e. The number of amides is 2. The first-order chi connectivity index (χ1) is 11.8. The number of para-hydroxylation sites is 1. The zero-order chi connectivity index (χ0) is 17.8. The minimum absolute atomic E-state index is 0.00183. The van der Waals surface area contributed by atoms with E-state index in [4.69, 9.17) is 0 Å². The topological polar surface area (TPSA) is 67.2 Å². The van der Waals surface area contributed by atoms with Gasteiger partial charge >= 0.3 is 0 Å². The Morgan fingerprint density at radius 2 is 2.04 bits per heavy atom. The Kier molecular flexibility index (Phi) is 3.35. The highest BCUT2D eigenvalue weighted by molar-refractivity contribution is 6.05. The Hall–Kier alpha value is -2.51. The Labute approximate surface area is 142 Å². The molecule has 2 aliphatic heterocycles.